The number of amides is 2. The van der Waals surface area contributed by atoms with E-state index in [1.807, 2.05) is 55.5 Å². The van der Waals surface area contributed by atoms with Gasteiger partial charge in [-0.15, -0.1) is 0 Å². The largest absolute Gasteiger partial charge is 0.356 e. The van der Waals surface area contributed by atoms with Crippen LogP contribution in [0.1, 0.15) is 41.3 Å². The number of aliphatic imine (C=N–C) groups is 1. The second-order valence-electron chi connectivity index (χ2n) is 7.50. The van der Waals surface area contributed by atoms with Gasteiger partial charge >= 0.3 is 0 Å². The predicted octanol–water partition coefficient (Wildman–Crippen LogP) is 3.03. The third-order valence-corrected chi connectivity index (χ3v) is 4.66. The summed E-state index contributed by atoms with van der Waals surface area (Å²) in [5, 5.41) is 9.50. The minimum atomic E-state index is 0.000370. The van der Waals surface area contributed by atoms with Gasteiger partial charge in [0.2, 0.25) is 5.91 Å². The topological polar surface area (TPSA) is 85.8 Å². The van der Waals surface area contributed by atoms with Crippen LogP contribution in [0.2, 0.25) is 0 Å². The fourth-order valence-electron chi connectivity index (χ4n) is 3.06. The first kappa shape index (κ1) is 23.9. The molecule has 2 rings (SSSR count). The molecule has 166 valence electrons. The number of carbonyl (C=O) groups is 2. The van der Waals surface area contributed by atoms with E-state index in [0.717, 1.165) is 29.7 Å². The van der Waals surface area contributed by atoms with Crippen LogP contribution >= 0.6 is 0 Å². The van der Waals surface area contributed by atoms with Crippen LogP contribution in [0.25, 0.3) is 0 Å². The zero-order valence-corrected chi connectivity index (χ0v) is 18.9. The highest BCUT2D eigenvalue weighted by Crippen LogP contribution is 2.11. The van der Waals surface area contributed by atoms with Gasteiger partial charge in [0.25, 0.3) is 5.91 Å². The Morgan fingerprint density at radius 3 is 2.45 bits per heavy atom. The van der Waals surface area contributed by atoms with Crippen molar-refractivity contribution in [2.24, 2.45) is 4.99 Å². The van der Waals surface area contributed by atoms with Gasteiger partial charge in [-0.1, -0.05) is 31.2 Å². The lowest BCUT2D eigenvalue weighted by Gasteiger charge is -2.14. The summed E-state index contributed by atoms with van der Waals surface area (Å²) >= 11 is 0. The van der Waals surface area contributed by atoms with E-state index in [0.29, 0.717) is 31.0 Å². The molecule has 0 radical (unpaired) electrons. The molecule has 2 amide bonds. The molecule has 0 heterocycles. The zero-order valence-electron chi connectivity index (χ0n) is 18.9. The molecule has 2 aromatic rings. The molecule has 0 atom stereocenters. The van der Waals surface area contributed by atoms with Crippen molar-refractivity contribution in [3.63, 3.8) is 0 Å². The summed E-state index contributed by atoms with van der Waals surface area (Å²) in [6, 6.07) is 15.5. The van der Waals surface area contributed by atoms with Crippen molar-refractivity contribution >= 4 is 23.5 Å². The molecule has 2 aromatic carbocycles. The van der Waals surface area contributed by atoms with Gasteiger partial charge in [-0.05, 0) is 48.2 Å². The number of hydrogen-bond acceptors (Lipinski definition) is 3. The van der Waals surface area contributed by atoms with E-state index < -0.39 is 0 Å². The molecular weight excluding hydrogens is 390 g/mol. The maximum atomic E-state index is 12.1. The van der Waals surface area contributed by atoms with Gasteiger partial charge in [0.15, 0.2) is 5.96 Å². The average molecular weight is 424 g/mol. The van der Waals surface area contributed by atoms with Crippen molar-refractivity contribution in [1.29, 1.82) is 0 Å². The zero-order chi connectivity index (χ0) is 22.6. The fraction of sp³-hybridized carbons (Fsp3) is 0.375. The molecule has 0 saturated heterocycles. The number of nitrogens with zero attached hydrogens (tertiary/aromatic N) is 2. The minimum absolute atomic E-state index is 0.000370. The van der Waals surface area contributed by atoms with E-state index in [4.69, 9.17) is 0 Å². The molecule has 7 heteroatoms. The first-order chi connectivity index (χ1) is 14.9. The number of rotatable bonds is 9. The Kier molecular flexibility index (Phi) is 9.55. The predicted molar refractivity (Wildman–Crippen MR) is 126 cm³/mol. The molecule has 0 aliphatic heterocycles. The Hall–Kier alpha value is -3.35. The standard InChI is InChI=1S/C24H33N5O2/c1-5-8-22(30)28-21-12-7-10-19(16-21)17-27-24(25-2)26-14-13-18-9-6-11-20(15-18)23(31)29(3)4/h6-7,9-12,15-16H,5,8,13-14,17H2,1-4H3,(H,28,30)(H2,25,26,27). The van der Waals surface area contributed by atoms with Gasteiger partial charge in [0.05, 0.1) is 0 Å². The molecule has 0 fully saturated rings. The number of hydrogen-bond donors (Lipinski definition) is 3. The Morgan fingerprint density at radius 1 is 1.00 bits per heavy atom. The number of guanidine groups is 1. The van der Waals surface area contributed by atoms with E-state index in [1.165, 1.54) is 0 Å². The molecule has 0 aliphatic rings. The molecule has 0 bridgehead atoms. The summed E-state index contributed by atoms with van der Waals surface area (Å²) in [4.78, 5) is 29.7. The van der Waals surface area contributed by atoms with Crippen LogP contribution in [-0.4, -0.2) is 50.4 Å². The SMILES string of the molecule is CCCC(=O)Nc1cccc(CNC(=NC)NCCc2cccc(C(=O)N(C)C)c2)c1. The Morgan fingerprint density at radius 2 is 1.74 bits per heavy atom. The van der Waals surface area contributed by atoms with Crippen molar-refractivity contribution in [3.8, 4) is 0 Å². The second kappa shape index (κ2) is 12.4. The number of benzene rings is 2. The van der Waals surface area contributed by atoms with Crippen LogP contribution in [0, 0.1) is 0 Å². The summed E-state index contributed by atoms with van der Waals surface area (Å²) in [7, 11) is 5.23. The minimum Gasteiger partial charge on any atom is -0.356 e. The normalized spacial score (nSPS) is 11.0. The average Bonchev–Trinajstić information content (AvgIpc) is 2.76. The highest BCUT2D eigenvalue weighted by atomic mass is 16.2. The van der Waals surface area contributed by atoms with Gasteiger partial charge < -0.3 is 20.9 Å². The van der Waals surface area contributed by atoms with E-state index in [2.05, 4.69) is 20.9 Å². The molecule has 3 N–H and O–H groups in total. The Labute approximate surface area is 184 Å². The van der Waals surface area contributed by atoms with E-state index in [9.17, 15) is 9.59 Å². The maximum Gasteiger partial charge on any atom is 0.253 e. The number of nitrogens with one attached hydrogen (secondary N) is 3. The molecule has 0 saturated carbocycles. The Balaban J connectivity index is 1.84. The third kappa shape index (κ3) is 8.12. The summed E-state index contributed by atoms with van der Waals surface area (Å²) < 4.78 is 0. The first-order valence-corrected chi connectivity index (χ1v) is 10.6. The number of carbonyl (C=O) groups excluding carboxylic acids is 2. The van der Waals surface area contributed by atoms with Crippen LogP contribution in [0.3, 0.4) is 0 Å². The summed E-state index contributed by atoms with van der Waals surface area (Å²) in [5.41, 5.74) is 3.63. The quantitative estimate of drug-likeness (QED) is 0.427. The Bertz CT molecular complexity index is 908. The molecular formula is C24H33N5O2. The summed E-state index contributed by atoms with van der Waals surface area (Å²) in [6.45, 7) is 3.26. The molecule has 0 aromatic heterocycles. The van der Waals surface area contributed by atoms with Gasteiger partial charge in [-0.2, -0.15) is 0 Å². The first-order valence-electron chi connectivity index (χ1n) is 10.6. The van der Waals surface area contributed by atoms with Crippen LogP contribution in [0.15, 0.2) is 53.5 Å². The van der Waals surface area contributed by atoms with E-state index in [-0.39, 0.29) is 11.8 Å². The highest BCUT2D eigenvalue weighted by Gasteiger charge is 2.08. The van der Waals surface area contributed by atoms with Crippen molar-refractivity contribution in [2.45, 2.75) is 32.7 Å². The lowest BCUT2D eigenvalue weighted by atomic mass is 10.1. The smallest absolute Gasteiger partial charge is 0.253 e. The lowest BCUT2D eigenvalue weighted by Crippen LogP contribution is -2.37. The monoisotopic (exact) mass is 423 g/mol. The van der Waals surface area contributed by atoms with Crippen molar-refractivity contribution in [3.05, 3.63) is 65.2 Å². The molecule has 0 unspecified atom stereocenters. The highest BCUT2D eigenvalue weighted by molar-refractivity contribution is 5.94. The van der Waals surface area contributed by atoms with Gasteiger partial charge in [0, 0.05) is 51.9 Å². The third-order valence-electron chi connectivity index (χ3n) is 4.66. The molecule has 31 heavy (non-hydrogen) atoms. The molecule has 0 aliphatic carbocycles. The van der Waals surface area contributed by atoms with Gasteiger partial charge in [-0.25, -0.2) is 0 Å². The van der Waals surface area contributed by atoms with Crippen LogP contribution < -0.4 is 16.0 Å². The van der Waals surface area contributed by atoms with E-state index >= 15 is 0 Å². The fourth-order valence-corrected chi connectivity index (χ4v) is 3.06. The summed E-state index contributed by atoms with van der Waals surface area (Å²) in [6.07, 6.45) is 2.12. The van der Waals surface area contributed by atoms with Crippen LogP contribution in [-0.2, 0) is 17.8 Å². The number of anilines is 1. The van der Waals surface area contributed by atoms with E-state index in [1.54, 1.807) is 26.0 Å². The van der Waals surface area contributed by atoms with Crippen molar-refractivity contribution in [2.75, 3.05) is 33.0 Å². The maximum absolute atomic E-state index is 12.1. The van der Waals surface area contributed by atoms with Crippen LogP contribution in [0.5, 0.6) is 0 Å². The van der Waals surface area contributed by atoms with Gasteiger partial charge in [0.1, 0.15) is 0 Å². The molecule has 7 nitrogen and oxygen atoms in total. The second-order valence-corrected chi connectivity index (χ2v) is 7.50. The van der Waals surface area contributed by atoms with Gasteiger partial charge in [-0.3, -0.25) is 14.6 Å². The van der Waals surface area contributed by atoms with Crippen LogP contribution in [0.4, 0.5) is 5.69 Å². The molecule has 0 spiro atoms. The van der Waals surface area contributed by atoms with Crippen molar-refractivity contribution < 1.29 is 9.59 Å². The van der Waals surface area contributed by atoms with Crippen molar-refractivity contribution in [1.82, 2.24) is 15.5 Å². The summed E-state index contributed by atoms with van der Waals surface area (Å²) in [5.74, 6) is 0.725. The lowest BCUT2D eigenvalue weighted by molar-refractivity contribution is -0.116.